The number of hydrogen-bond acceptors (Lipinski definition) is 5. The first-order valence-corrected chi connectivity index (χ1v) is 11.4. The predicted molar refractivity (Wildman–Crippen MR) is 133 cm³/mol. The summed E-state index contributed by atoms with van der Waals surface area (Å²) in [7, 11) is 0. The minimum Gasteiger partial charge on any atom is -0.462 e. The third-order valence-electron chi connectivity index (χ3n) is 5.22. The molecule has 9 heteroatoms. The Kier molecular flexibility index (Phi) is 8.43. The van der Waals surface area contributed by atoms with Gasteiger partial charge in [0.2, 0.25) is 5.96 Å². The second kappa shape index (κ2) is 11.5. The number of aromatic nitrogens is 2. The van der Waals surface area contributed by atoms with Gasteiger partial charge in [-0.2, -0.15) is 5.10 Å². The van der Waals surface area contributed by atoms with E-state index in [4.69, 9.17) is 16.3 Å². The molecule has 2 aromatic carbocycles. The zero-order valence-corrected chi connectivity index (χ0v) is 20.4. The lowest BCUT2D eigenvalue weighted by Crippen LogP contribution is -2.36. The van der Waals surface area contributed by atoms with Crippen molar-refractivity contribution in [2.45, 2.75) is 40.8 Å². The summed E-state index contributed by atoms with van der Waals surface area (Å²) in [5.74, 6) is -0.450. The van der Waals surface area contributed by atoms with Crippen LogP contribution < -0.4 is 10.6 Å². The second-order valence-electron chi connectivity index (χ2n) is 7.51. The number of aliphatic imine (C=N–C) groups is 1. The molecule has 0 aliphatic carbocycles. The first-order chi connectivity index (χ1) is 16.3. The Labute approximate surface area is 204 Å². The molecule has 1 aromatic heterocycles. The number of carbonyl (C=O) groups excluding carboxylic acids is 2. The van der Waals surface area contributed by atoms with E-state index in [1.54, 1.807) is 55.5 Å². The number of benzene rings is 2. The fourth-order valence-corrected chi connectivity index (χ4v) is 3.49. The van der Waals surface area contributed by atoms with E-state index in [2.05, 4.69) is 20.7 Å². The van der Waals surface area contributed by atoms with Crippen molar-refractivity contribution in [2.75, 3.05) is 11.9 Å². The standard InChI is InChI=1S/C25H28ClN5O3/c1-5-31-17(4)22(16(3)30-31)15-27-25(29-23(32)18-7-11-20(26)12-8-18)28-21-13-9-19(10-14-21)24(33)34-6-2/h7-14H,5-6,15H2,1-4H3,(H2,27,28,29,32). The van der Waals surface area contributed by atoms with Crippen LogP contribution in [0.15, 0.2) is 53.5 Å². The first-order valence-electron chi connectivity index (χ1n) is 11.0. The van der Waals surface area contributed by atoms with Crippen LogP contribution in [-0.2, 0) is 17.8 Å². The summed E-state index contributed by atoms with van der Waals surface area (Å²) < 4.78 is 6.95. The Balaban J connectivity index is 1.84. The van der Waals surface area contributed by atoms with Crippen LogP contribution in [0.25, 0.3) is 0 Å². The number of aryl methyl sites for hydroxylation is 2. The topological polar surface area (TPSA) is 97.6 Å². The third kappa shape index (κ3) is 6.23. The summed E-state index contributed by atoms with van der Waals surface area (Å²) in [4.78, 5) is 29.4. The number of esters is 1. The van der Waals surface area contributed by atoms with Crippen molar-refractivity contribution in [3.63, 3.8) is 0 Å². The quantitative estimate of drug-likeness (QED) is 0.288. The summed E-state index contributed by atoms with van der Waals surface area (Å²) in [6.07, 6.45) is 0. The van der Waals surface area contributed by atoms with Crippen LogP contribution in [0.1, 0.15) is 51.5 Å². The highest BCUT2D eigenvalue weighted by molar-refractivity contribution is 6.30. The van der Waals surface area contributed by atoms with Crippen LogP contribution in [0.4, 0.5) is 5.69 Å². The molecule has 1 amide bonds. The third-order valence-corrected chi connectivity index (χ3v) is 5.48. The van der Waals surface area contributed by atoms with Crippen LogP contribution >= 0.6 is 11.6 Å². The number of hydrogen-bond donors (Lipinski definition) is 2. The van der Waals surface area contributed by atoms with Gasteiger partial charge in [0, 0.05) is 34.1 Å². The zero-order chi connectivity index (χ0) is 24.7. The van der Waals surface area contributed by atoms with Gasteiger partial charge >= 0.3 is 5.97 Å². The van der Waals surface area contributed by atoms with Gasteiger partial charge in [0.1, 0.15) is 0 Å². The van der Waals surface area contributed by atoms with Crippen LogP contribution in [0.5, 0.6) is 0 Å². The summed E-state index contributed by atoms with van der Waals surface area (Å²) in [5, 5.41) is 11.0. The number of rotatable bonds is 7. The lowest BCUT2D eigenvalue weighted by Gasteiger charge is -2.13. The van der Waals surface area contributed by atoms with Crippen LogP contribution in [0.2, 0.25) is 5.02 Å². The molecule has 178 valence electrons. The first kappa shape index (κ1) is 25.0. The summed E-state index contributed by atoms with van der Waals surface area (Å²) >= 11 is 5.94. The maximum absolute atomic E-state index is 12.8. The van der Waals surface area contributed by atoms with Crippen molar-refractivity contribution < 1.29 is 14.3 Å². The van der Waals surface area contributed by atoms with Crippen LogP contribution in [0, 0.1) is 13.8 Å². The molecule has 0 aliphatic heterocycles. The maximum Gasteiger partial charge on any atom is 0.338 e. The Morgan fingerprint density at radius 2 is 1.68 bits per heavy atom. The molecule has 3 rings (SSSR count). The Bertz CT molecular complexity index is 1180. The predicted octanol–water partition coefficient (Wildman–Crippen LogP) is 4.75. The lowest BCUT2D eigenvalue weighted by atomic mass is 10.2. The molecule has 0 saturated carbocycles. The van der Waals surface area contributed by atoms with Gasteiger partial charge in [-0.25, -0.2) is 9.79 Å². The number of amides is 1. The molecule has 0 radical (unpaired) electrons. The minimum absolute atomic E-state index is 0.270. The average Bonchev–Trinajstić information content (AvgIpc) is 3.10. The van der Waals surface area contributed by atoms with Crippen molar-refractivity contribution in [1.82, 2.24) is 15.1 Å². The van der Waals surface area contributed by atoms with Crippen molar-refractivity contribution in [1.29, 1.82) is 0 Å². The number of nitrogens with one attached hydrogen (secondary N) is 2. The Morgan fingerprint density at radius 1 is 1.03 bits per heavy atom. The van der Waals surface area contributed by atoms with E-state index >= 15 is 0 Å². The van der Waals surface area contributed by atoms with E-state index < -0.39 is 5.97 Å². The monoisotopic (exact) mass is 481 g/mol. The second-order valence-corrected chi connectivity index (χ2v) is 7.95. The summed E-state index contributed by atoms with van der Waals surface area (Å²) in [5.41, 5.74) is 4.47. The van der Waals surface area contributed by atoms with Gasteiger partial charge in [0.05, 0.1) is 24.4 Å². The average molecular weight is 482 g/mol. The Morgan fingerprint density at radius 3 is 2.26 bits per heavy atom. The molecular weight excluding hydrogens is 454 g/mol. The van der Waals surface area contributed by atoms with Crippen molar-refractivity contribution in [3.8, 4) is 0 Å². The van der Waals surface area contributed by atoms with Gasteiger partial charge < -0.3 is 10.1 Å². The molecule has 8 nitrogen and oxygen atoms in total. The lowest BCUT2D eigenvalue weighted by molar-refractivity contribution is 0.0526. The fraction of sp³-hybridized carbons (Fsp3) is 0.280. The highest BCUT2D eigenvalue weighted by atomic mass is 35.5. The zero-order valence-electron chi connectivity index (χ0n) is 19.7. The number of nitrogens with zero attached hydrogens (tertiary/aromatic N) is 3. The van der Waals surface area contributed by atoms with Crippen LogP contribution in [-0.4, -0.2) is 34.2 Å². The van der Waals surface area contributed by atoms with Crippen molar-refractivity contribution >= 4 is 35.1 Å². The highest BCUT2D eigenvalue weighted by Crippen LogP contribution is 2.16. The number of anilines is 1. The maximum atomic E-state index is 12.8. The normalized spacial score (nSPS) is 11.3. The molecule has 0 fully saturated rings. The van der Waals surface area contributed by atoms with E-state index in [1.165, 1.54) is 0 Å². The van der Waals surface area contributed by atoms with E-state index in [0.717, 1.165) is 23.5 Å². The van der Waals surface area contributed by atoms with Gasteiger partial charge in [-0.1, -0.05) is 11.6 Å². The van der Waals surface area contributed by atoms with Gasteiger partial charge in [0.25, 0.3) is 5.91 Å². The van der Waals surface area contributed by atoms with Gasteiger partial charge in [-0.3, -0.25) is 14.8 Å². The summed E-state index contributed by atoms with van der Waals surface area (Å²) in [6, 6.07) is 13.3. The molecule has 0 bridgehead atoms. The fourth-order valence-electron chi connectivity index (χ4n) is 3.36. The molecule has 0 aliphatic rings. The molecular formula is C25H28ClN5O3. The molecule has 0 saturated heterocycles. The smallest absolute Gasteiger partial charge is 0.338 e. The molecule has 1 heterocycles. The largest absolute Gasteiger partial charge is 0.462 e. The number of guanidine groups is 1. The molecule has 0 spiro atoms. The van der Waals surface area contributed by atoms with Gasteiger partial charge in [-0.05, 0) is 76.2 Å². The van der Waals surface area contributed by atoms with Crippen molar-refractivity contribution in [3.05, 3.63) is 81.6 Å². The van der Waals surface area contributed by atoms with Crippen LogP contribution in [0.3, 0.4) is 0 Å². The number of ether oxygens (including phenoxy) is 1. The van der Waals surface area contributed by atoms with E-state index in [0.29, 0.717) is 35.0 Å². The van der Waals surface area contributed by atoms with Gasteiger partial charge in [0.15, 0.2) is 0 Å². The molecule has 0 atom stereocenters. The molecule has 2 N–H and O–H groups in total. The minimum atomic E-state index is -0.391. The van der Waals surface area contributed by atoms with E-state index in [-0.39, 0.29) is 11.9 Å². The van der Waals surface area contributed by atoms with E-state index in [1.807, 2.05) is 25.5 Å². The molecule has 34 heavy (non-hydrogen) atoms. The van der Waals surface area contributed by atoms with E-state index in [9.17, 15) is 9.59 Å². The number of carbonyl (C=O) groups is 2. The highest BCUT2D eigenvalue weighted by Gasteiger charge is 2.13. The van der Waals surface area contributed by atoms with Crippen molar-refractivity contribution in [2.24, 2.45) is 4.99 Å². The summed E-state index contributed by atoms with van der Waals surface area (Å²) in [6.45, 7) is 9.14. The molecule has 0 unspecified atom stereocenters. The Hall–Kier alpha value is -3.65. The number of halogens is 1. The molecule has 3 aromatic rings. The SMILES string of the molecule is CCOC(=O)c1ccc(NC(=NCc2c(C)nn(CC)c2C)NC(=O)c2ccc(Cl)cc2)cc1. The van der Waals surface area contributed by atoms with Gasteiger partial charge in [-0.15, -0.1) is 0 Å².